The van der Waals surface area contributed by atoms with E-state index in [1.165, 1.54) is 17.9 Å². The standard InChI is InChI=1S/C26H26ClFN6O4S/c1-15(25(35)29-2)13-34-14-31-21-7-5-16(9-19(21)26(34)36)17-10-22(24(30-12-17)33(3)4)32-39(37,38)23-8-6-18(28)11-20(23)27/h5-12,14-15,32H,13H2,1-4H3,(H,29,35)/t15-/m0/s1. The number of halogens is 2. The van der Waals surface area contributed by atoms with Crippen molar-refractivity contribution in [3.8, 4) is 11.1 Å². The molecule has 1 amide bonds. The van der Waals surface area contributed by atoms with E-state index in [0.717, 1.165) is 18.2 Å². The highest BCUT2D eigenvalue weighted by Crippen LogP contribution is 2.32. The van der Waals surface area contributed by atoms with Crippen LogP contribution in [0.3, 0.4) is 0 Å². The van der Waals surface area contributed by atoms with Crippen molar-refractivity contribution in [3.63, 3.8) is 0 Å². The van der Waals surface area contributed by atoms with E-state index in [9.17, 15) is 22.4 Å². The number of carbonyl (C=O) groups excluding carboxylic acids is 1. The molecule has 0 radical (unpaired) electrons. The maximum atomic E-state index is 13.5. The van der Waals surface area contributed by atoms with Gasteiger partial charge in [0.05, 0.1) is 33.9 Å². The minimum Gasteiger partial charge on any atom is -0.361 e. The van der Waals surface area contributed by atoms with Crippen molar-refractivity contribution in [3.05, 3.63) is 76.2 Å². The number of hydrogen-bond acceptors (Lipinski definition) is 7. The summed E-state index contributed by atoms with van der Waals surface area (Å²) < 4.78 is 43.6. The van der Waals surface area contributed by atoms with Crippen LogP contribution in [0.15, 0.2) is 64.7 Å². The lowest BCUT2D eigenvalue weighted by Crippen LogP contribution is -2.32. The number of hydrogen-bond donors (Lipinski definition) is 2. The fraction of sp³-hybridized carbons (Fsp3) is 0.231. The molecular formula is C26H26ClFN6O4S. The largest absolute Gasteiger partial charge is 0.361 e. The Morgan fingerprint density at radius 2 is 1.87 bits per heavy atom. The summed E-state index contributed by atoms with van der Waals surface area (Å²) in [6, 6.07) is 9.66. The third-order valence-corrected chi connectivity index (χ3v) is 7.89. The number of nitrogens with zero attached hydrogens (tertiary/aromatic N) is 4. The maximum Gasteiger partial charge on any atom is 0.263 e. The number of aromatic nitrogens is 3. The molecule has 4 rings (SSSR count). The van der Waals surface area contributed by atoms with Gasteiger partial charge in [-0.05, 0) is 42.0 Å². The second-order valence-corrected chi connectivity index (χ2v) is 11.2. The summed E-state index contributed by atoms with van der Waals surface area (Å²) in [4.78, 5) is 35.2. The summed E-state index contributed by atoms with van der Waals surface area (Å²) >= 11 is 6.00. The molecule has 2 N–H and O–H groups in total. The van der Waals surface area contributed by atoms with Crippen LogP contribution in [-0.2, 0) is 21.4 Å². The topological polar surface area (TPSA) is 126 Å². The van der Waals surface area contributed by atoms with Gasteiger partial charge in [-0.2, -0.15) is 0 Å². The lowest BCUT2D eigenvalue weighted by atomic mass is 10.0. The molecule has 0 aliphatic heterocycles. The molecule has 4 aromatic rings. The van der Waals surface area contributed by atoms with Crippen molar-refractivity contribution in [1.82, 2.24) is 19.9 Å². The number of rotatable bonds is 8. The summed E-state index contributed by atoms with van der Waals surface area (Å²) in [6.07, 6.45) is 2.96. The van der Waals surface area contributed by atoms with E-state index in [-0.39, 0.29) is 33.6 Å². The number of amides is 1. The Morgan fingerprint density at radius 3 is 2.54 bits per heavy atom. The van der Waals surface area contributed by atoms with Crippen molar-refractivity contribution >= 4 is 49.9 Å². The van der Waals surface area contributed by atoms with E-state index in [2.05, 4.69) is 20.0 Å². The van der Waals surface area contributed by atoms with E-state index in [1.54, 1.807) is 56.4 Å². The lowest BCUT2D eigenvalue weighted by Gasteiger charge is -2.19. The number of anilines is 2. The Balaban J connectivity index is 1.76. The summed E-state index contributed by atoms with van der Waals surface area (Å²) in [6.45, 7) is 1.87. The average molecular weight is 573 g/mol. The van der Waals surface area contributed by atoms with Crippen LogP contribution in [-0.4, -0.2) is 50.0 Å². The minimum absolute atomic E-state index is 0.154. The molecule has 0 unspecified atom stereocenters. The zero-order valence-corrected chi connectivity index (χ0v) is 23.1. The SMILES string of the molecule is CNC(=O)[C@@H](C)Cn1cnc2ccc(-c3cnc(N(C)C)c(NS(=O)(=O)c4ccc(F)cc4Cl)c3)cc2c1=O. The Hall–Kier alpha value is -4.03. The summed E-state index contributed by atoms with van der Waals surface area (Å²) in [5.74, 6) is -0.971. The summed E-state index contributed by atoms with van der Waals surface area (Å²) in [5.41, 5.74) is 1.43. The van der Waals surface area contributed by atoms with E-state index >= 15 is 0 Å². The van der Waals surface area contributed by atoms with Crippen LogP contribution in [0.25, 0.3) is 22.0 Å². The van der Waals surface area contributed by atoms with Crippen molar-refractivity contribution in [2.24, 2.45) is 5.92 Å². The van der Waals surface area contributed by atoms with Gasteiger partial charge in [-0.15, -0.1) is 0 Å². The molecule has 0 saturated heterocycles. The first-order chi connectivity index (χ1) is 18.4. The molecule has 0 bridgehead atoms. The van der Waals surface area contributed by atoms with Crippen LogP contribution in [0.1, 0.15) is 6.92 Å². The van der Waals surface area contributed by atoms with Crippen molar-refractivity contribution in [1.29, 1.82) is 0 Å². The molecule has 0 spiro atoms. The molecule has 39 heavy (non-hydrogen) atoms. The predicted molar refractivity (Wildman–Crippen MR) is 149 cm³/mol. The van der Waals surface area contributed by atoms with E-state index in [4.69, 9.17) is 11.6 Å². The van der Waals surface area contributed by atoms with Crippen LogP contribution in [0, 0.1) is 11.7 Å². The minimum atomic E-state index is -4.19. The third kappa shape index (κ3) is 5.86. The smallest absolute Gasteiger partial charge is 0.263 e. The number of carbonyl (C=O) groups is 1. The highest BCUT2D eigenvalue weighted by atomic mass is 35.5. The van der Waals surface area contributed by atoms with Crippen molar-refractivity contribution in [2.45, 2.75) is 18.4 Å². The second-order valence-electron chi connectivity index (χ2n) is 9.12. The van der Waals surface area contributed by atoms with Gasteiger partial charge >= 0.3 is 0 Å². The molecule has 2 aromatic carbocycles. The number of nitrogens with one attached hydrogen (secondary N) is 2. The van der Waals surface area contributed by atoms with Crippen LogP contribution in [0.2, 0.25) is 5.02 Å². The van der Waals surface area contributed by atoms with Crippen LogP contribution in [0.5, 0.6) is 0 Å². The van der Waals surface area contributed by atoms with Gasteiger partial charge in [0.15, 0.2) is 5.82 Å². The lowest BCUT2D eigenvalue weighted by molar-refractivity contribution is -0.124. The number of pyridine rings is 1. The van der Waals surface area contributed by atoms with Crippen molar-refractivity contribution < 1.29 is 17.6 Å². The number of benzene rings is 2. The van der Waals surface area contributed by atoms with Gasteiger partial charge in [0, 0.05) is 39.4 Å². The second kappa shape index (κ2) is 11.0. The first kappa shape index (κ1) is 28.0. The normalized spacial score (nSPS) is 12.3. The molecule has 1 atom stereocenters. The molecule has 2 aromatic heterocycles. The Morgan fingerprint density at radius 1 is 1.13 bits per heavy atom. The summed E-state index contributed by atoms with van der Waals surface area (Å²) in [7, 11) is 0.744. The van der Waals surface area contributed by atoms with E-state index < -0.39 is 21.8 Å². The number of sulfonamides is 1. The van der Waals surface area contributed by atoms with Crippen molar-refractivity contribution in [2.75, 3.05) is 30.8 Å². The maximum absolute atomic E-state index is 13.5. The molecule has 0 aliphatic carbocycles. The monoisotopic (exact) mass is 572 g/mol. The number of fused-ring (bicyclic) bond motifs is 1. The van der Waals surface area contributed by atoms with Gasteiger partial charge in [0.2, 0.25) is 5.91 Å². The van der Waals surface area contributed by atoms with E-state index in [1.807, 2.05) is 0 Å². The molecule has 0 fully saturated rings. The zero-order chi connectivity index (χ0) is 28.5. The van der Waals surface area contributed by atoms with Gasteiger partial charge in [-0.25, -0.2) is 22.8 Å². The molecule has 2 heterocycles. The molecule has 204 valence electrons. The third-order valence-electron chi connectivity index (χ3n) is 6.04. The summed E-state index contributed by atoms with van der Waals surface area (Å²) in [5, 5.41) is 2.63. The Kier molecular flexibility index (Phi) is 7.89. The zero-order valence-electron chi connectivity index (χ0n) is 21.6. The Labute approximate surface area is 229 Å². The fourth-order valence-electron chi connectivity index (χ4n) is 4.03. The van der Waals surface area contributed by atoms with E-state index in [0.29, 0.717) is 27.8 Å². The quantitative estimate of drug-likeness (QED) is 0.331. The van der Waals surface area contributed by atoms with Crippen LogP contribution in [0.4, 0.5) is 15.9 Å². The predicted octanol–water partition coefficient (Wildman–Crippen LogP) is 3.50. The van der Waals surface area contributed by atoms with Gasteiger partial charge in [0.1, 0.15) is 10.7 Å². The first-order valence-electron chi connectivity index (χ1n) is 11.8. The Bertz CT molecular complexity index is 1740. The van der Waals surface area contributed by atoms with Gasteiger partial charge < -0.3 is 10.2 Å². The first-order valence-corrected chi connectivity index (χ1v) is 13.6. The average Bonchev–Trinajstić information content (AvgIpc) is 2.88. The van der Waals surface area contributed by atoms with Crippen LogP contribution >= 0.6 is 11.6 Å². The molecule has 10 nitrogen and oxygen atoms in total. The highest BCUT2D eigenvalue weighted by Gasteiger charge is 2.22. The van der Waals surface area contributed by atoms with Gasteiger partial charge in [-0.1, -0.05) is 24.6 Å². The molecular weight excluding hydrogens is 547 g/mol. The van der Waals surface area contributed by atoms with Gasteiger partial charge in [-0.3, -0.25) is 18.9 Å². The highest BCUT2D eigenvalue weighted by molar-refractivity contribution is 7.92. The molecule has 0 saturated carbocycles. The fourth-order valence-corrected chi connectivity index (χ4v) is 5.62. The van der Waals surface area contributed by atoms with Crippen LogP contribution < -0.4 is 20.5 Å². The molecule has 0 aliphatic rings. The molecule has 13 heteroatoms. The van der Waals surface area contributed by atoms with Gasteiger partial charge in [0.25, 0.3) is 15.6 Å².